The van der Waals surface area contributed by atoms with Gasteiger partial charge in [-0.25, -0.2) is 0 Å². The highest BCUT2D eigenvalue weighted by Gasteiger charge is 2.25. The van der Waals surface area contributed by atoms with Crippen LogP contribution in [0.2, 0.25) is 0 Å². The van der Waals surface area contributed by atoms with Gasteiger partial charge in [0.2, 0.25) is 0 Å². The summed E-state index contributed by atoms with van der Waals surface area (Å²) < 4.78 is 0. The molecule has 0 radical (unpaired) electrons. The Kier molecular flexibility index (Phi) is 3.49. The van der Waals surface area contributed by atoms with Crippen LogP contribution < -0.4 is 0 Å². The van der Waals surface area contributed by atoms with Crippen molar-refractivity contribution in [3.63, 3.8) is 0 Å². The smallest absolute Gasteiger partial charge is 0.0658 e. The molecule has 1 fully saturated rings. The lowest BCUT2D eigenvalue weighted by atomic mass is 10.2. The third-order valence-electron chi connectivity index (χ3n) is 2.72. The fourth-order valence-corrected chi connectivity index (χ4v) is 3.17. The van der Waals surface area contributed by atoms with E-state index in [2.05, 4.69) is 24.3 Å². The molecule has 0 aromatic heterocycles. The van der Waals surface area contributed by atoms with Crippen molar-refractivity contribution in [1.82, 2.24) is 0 Å². The number of aliphatic hydroxyl groups excluding tert-OH is 1. The number of aliphatic hydroxyl groups is 1. The number of hydrogen-bond acceptors (Lipinski definition) is 2. The first-order valence-corrected chi connectivity index (χ1v) is 6.25. The van der Waals surface area contributed by atoms with Crippen LogP contribution in [0, 0.1) is 0 Å². The third-order valence-corrected chi connectivity index (χ3v) is 4.20. The van der Waals surface area contributed by atoms with Gasteiger partial charge in [0.05, 0.1) is 6.10 Å². The Morgan fingerprint density at radius 2 is 2.00 bits per heavy atom. The molecule has 0 bridgehead atoms. The zero-order chi connectivity index (χ0) is 9.80. The Labute approximate surface area is 89.5 Å². The summed E-state index contributed by atoms with van der Waals surface area (Å²) in [4.78, 5) is 0. The van der Waals surface area contributed by atoms with Gasteiger partial charge in [0.25, 0.3) is 0 Å². The molecule has 1 nitrogen and oxygen atoms in total. The van der Waals surface area contributed by atoms with Gasteiger partial charge in [-0.3, -0.25) is 0 Å². The molecular weight excluding hydrogens is 192 g/mol. The first kappa shape index (κ1) is 10.1. The molecule has 0 spiro atoms. The molecular formula is C12H16OS. The lowest BCUT2D eigenvalue weighted by molar-refractivity contribution is 0.188. The minimum absolute atomic E-state index is 0.0660. The summed E-state index contributed by atoms with van der Waals surface area (Å²) in [6, 6.07) is 10.5. The predicted molar refractivity (Wildman–Crippen MR) is 61.4 cm³/mol. The molecule has 0 amide bonds. The van der Waals surface area contributed by atoms with Crippen molar-refractivity contribution >= 4 is 11.8 Å². The largest absolute Gasteiger partial charge is 0.392 e. The van der Waals surface area contributed by atoms with Gasteiger partial charge in [0.15, 0.2) is 0 Å². The van der Waals surface area contributed by atoms with Crippen molar-refractivity contribution < 1.29 is 5.11 Å². The summed E-state index contributed by atoms with van der Waals surface area (Å²) in [5, 5.41) is 10.1. The summed E-state index contributed by atoms with van der Waals surface area (Å²) in [6.07, 6.45) is 3.29. The molecule has 1 saturated carbocycles. The third kappa shape index (κ3) is 2.52. The molecule has 1 aromatic carbocycles. The Morgan fingerprint density at radius 3 is 2.64 bits per heavy atom. The molecule has 1 aromatic rings. The second-order valence-corrected chi connectivity index (χ2v) is 5.06. The summed E-state index contributed by atoms with van der Waals surface area (Å²) in [6.45, 7) is 0. The highest BCUT2D eigenvalue weighted by molar-refractivity contribution is 7.99. The molecule has 0 heterocycles. The second kappa shape index (κ2) is 4.85. The van der Waals surface area contributed by atoms with E-state index in [0.717, 1.165) is 12.2 Å². The average Bonchev–Trinajstić information content (AvgIpc) is 2.63. The van der Waals surface area contributed by atoms with Crippen molar-refractivity contribution in [3.05, 3.63) is 35.9 Å². The van der Waals surface area contributed by atoms with E-state index in [1.54, 1.807) is 0 Å². The van der Waals surface area contributed by atoms with E-state index in [9.17, 15) is 5.11 Å². The molecule has 2 rings (SSSR count). The normalized spacial score (nSPS) is 26.6. The highest BCUT2D eigenvalue weighted by atomic mass is 32.2. The molecule has 0 unspecified atom stereocenters. The Morgan fingerprint density at radius 1 is 1.21 bits per heavy atom. The summed E-state index contributed by atoms with van der Waals surface area (Å²) in [5.41, 5.74) is 1.36. The maximum Gasteiger partial charge on any atom is 0.0658 e. The van der Waals surface area contributed by atoms with Crippen LogP contribution in [0.15, 0.2) is 30.3 Å². The fraction of sp³-hybridized carbons (Fsp3) is 0.500. The van der Waals surface area contributed by atoms with Crippen LogP contribution in [0.5, 0.6) is 0 Å². The molecule has 1 N–H and O–H groups in total. The number of thioether (sulfide) groups is 1. The van der Waals surface area contributed by atoms with Gasteiger partial charge in [0.1, 0.15) is 0 Å². The van der Waals surface area contributed by atoms with Gasteiger partial charge < -0.3 is 5.11 Å². The Hall–Kier alpha value is -0.470. The van der Waals surface area contributed by atoms with Crippen LogP contribution >= 0.6 is 11.8 Å². The van der Waals surface area contributed by atoms with E-state index in [1.165, 1.54) is 18.4 Å². The van der Waals surface area contributed by atoms with Crippen LogP contribution in [0.4, 0.5) is 0 Å². The number of rotatable bonds is 3. The molecule has 1 aliphatic rings. The van der Waals surface area contributed by atoms with Gasteiger partial charge in [-0.15, -0.1) is 0 Å². The van der Waals surface area contributed by atoms with E-state index in [1.807, 2.05) is 17.8 Å². The first-order valence-electron chi connectivity index (χ1n) is 5.20. The first-order chi connectivity index (χ1) is 6.86. The minimum Gasteiger partial charge on any atom is -0.392 e. The zero-order valence-corrected chi connectivity index (χ0v) is 9.04. The fourth-order valence-electron chi connectivity index (χ4n) is 1.88. The molecule has 0 saturated heterocycles. The van der Waals surface area contributed by atoms with E-state index < -0.39 is 0 Å². The van der Waals surface area contributed by atoms with Crippen LogP contribution in [-0.2, 0) is 5.75 Å². The summed E-state index contributed by atoms with van der Waals surface area (Å²) >= 11 is 1.90. The zero-order valence-electron chi connectivity index (χ0n) is 8.23. The topological polar surface area (TPSA) is 20.2 Å². The number of benzene rings is 1. The van der Waals surface area contributed by atoms with Gasteiger partial charge >= 0.3 is 0 Å². The van der Waals surface area contributed by atoms with E-state index in [-0.39, 0.29) is 6.10 Å². The lowest BCUT2D eigenvalue weighted by Crippen LogP contribution is -2.15. The van der Waals surface area contributed by atoms with Crippen molar-refractivity contribution in [2.24, 2.45) is 0 Å². The van der Waals surface area contributed by atoms with Crippen LogP contribution in [-0.4, -0.2) is 16.5 Å². The SMILES string of the molecule is O[C@H]1CCC[C@@H]1SCc1ccccc1. The van der Waals surface area contributed by atoms with Crippen LogP contribution in [0.1, 0.15) is 24.8 Å². The molecule has 0 aliphatic heterocycles. The predicted octanol–water partition coefficient (Wildman–Crippen LogP) is 2.83. The van der Waals surface area contributed by atoms with Gasteiger partial charge in [-0.1, -0.05) is 30.3 Å². The van der Waals surface area contributed by atoms with Gasteiger partial charge in [-0.2, -0.15) is 11.8 Å². The average molecular weight is 208 g/mol. The Bertz CT molecular complexity index is 273. The maximum atomic E-state index is 9.65. The summed E-state index contributed by atoms with van der Waals surface area (Å²) in [7, 11) is 0. The molecule has 14 heavy (non-hydrogen) atoms. The van der Waals surface area contributed by atoms with Crippen molar-refractivity contribution in [2.45, 2.75) is 36.4 Å². The molecule has 76 valence electrons. The van der Waals surface area contributed by atoms with Crippen LogP contribution in [0.3, 0.4) is 0 Å². The maximum absolute atomic E-state index is 9.65. The van der Waals surface area contributed by atoms with Crippen molar-refractivity contribution in [3.8, 4) is 0 Å². The van der Waals surface area contributed by atoms with E-state index in [4.69, 9.17) is 0 Å². The van der Waals surface area contributed by atoms with Crippen molar-refractivity contribution in [2.75, 3.05) is 0 Å². The lowest BCUT2D eigenvalue weighted by Gasteiger charge is -2.13. The number of hydrogen-bond donors (Lipinski definition) is 1. The van der Waals surface area contributed by atoms with Crippen molar-refractivity contribution in [1.29, 1.82) is 0 Å². The monoisotopic (exact) mass is 208 g/mol. The minimum atomic E-state index is -0.0660. The quantitative estimate of drug-likeness (QED) is 0.824. The van der Waals surface area contributed by atoms with Crippen LogP contribution in [0.25, 0.3) is 0 Å². The van der Waals surface area contributed by atoms with E-state index >= 15 is 0 Å². The van der Waals surface area contributed by atoms with Gasteiger partial charge in [-0.05, 0) is 24.8 Å². The highest BCUT2D eigenvalue weighted by Crippen LogP contribution is 2.31. The van der Waals surface area contributed by atoms with Gasteiger partial charge in [0, 0.05) is 11.0 Å². The Balaban J connectivity index is 1.82. The standard InChI is InChI=1S/C12H16OS/c13-11-7-4-8-12(11)14-9-10-5-2-1-3-6-10/h1-3,5-6,11-13H,4,7-9H2/t11-,12-/m0/s1. The van der Waals surface area contributed by atoms with E-state index in [0.29, 0.717) is 5.25 Å². The summed E-state index contributed by atoms with van der Waals surface area (Å²) in [5.74, 6) is 1.03. The second-order valence-electron chi connectivity index (χ2n) is 3.83. The molecule has 2 heteroatoms. The molecule has 2 atom stereocenters. The molecule has 1 aliphatic carbocycles.